The molecule has 0 radical (unpaired) electrons. The van der Waals surface area contributed by atoms with Gasteiger partial charge >= 0.3 is 13.5 Å². The van der Waals surface area contributed by atoms with Gasteiger partial charge in [-0.1, -0.05) is 12.2 Å². The maximum atomic E-state index is 13.4. The molecule has 9 atom stereocenters. The Balaban J connectivity index is 1.19. The highest BCUT2D eigenvalue weighted by atomic mass is 32.7. The van der Waals surface area contributed by atoms with Crippen LogP contribution in [0, 0.1) is 0 Å². The summed E-state index contributed by atoms with van der Waals surface area (Å²) < 4.78 is 51.0. The monoisotopic (exact) mass is 690 g/mol. The number of ether oxygens (including phenoxy) is 2. The first kappa shape index (κ1) is 30.1. The predicted octanol–water partition coefficient (Wildman–Crippen LogP) is -0.258. The SMILES string of the molecule is Nc1nc2c(ncn2[C@@H]2O[C@@H]3COP(=O)(S)O[C@@H]4[C@@H](O)[C@H](n5cnc6c(N)ncnc65)O[C@@H]4COP(O)(=S)O[C@@H]2C3)c(=O)[nH]1. The van der Waals surface area contributed by atoms with Gasteiger partial charge in [-0.3, -0.25) is 28.0 Å². The summed E-state index contributed by atoms with van der Waals surface area (Å²) in [5.41, 5.74) is 11.6. The molecule has 0 saturated carbocycles. The summed E-state index contributed by atoms with van der Waals surface area (Å²) in [4.78, 5) is 46.2. The molecule has 0 amide bonds. The van der Waals surface area contributed by atoms with E-state index in [1.54, 1.807) is 0 Å². The van der Waals surface area contributed by atoms with Crippen LogP contribution in [0.15, 0.2) is 23.8 Å². The van der Waals surface area contributed by atoms with Gasteiger partial charge in [0.05, 0.1) is 32.0 Å². The van der Waals surface area contributed by atoms with Crippen molar-refractivity contribution in [1.82, 2.24) is 39.0 Å². The molecule has 44 heavy (non-hydrogen) atoms. The topological polar surface area (TPSA) is 272 Å². The third-order valence-electron chi connectivity index (χ3n) is 7.19. The molecule has 4 aromatic rings. The maximum Gasteiger partial charge on any atom is 0.386 e. The van der Waals surface area contributed by atoms with E-state index in [0.717, 1.165) is 0 Å². The van der Waals surface area contributed by atoms with Gasteiger partial charge in [-0.05, 0) is 11.8 Å². The third kappa shape index (κ3) is 5.44. The van der Waals surface area contributed by atoms with E-state index in [0.29, 0.717) is 0 Å². The second kappa shape index (κ2) is 11.0. The molecule has 2 unspecified atom stereocenters. The summed E-state index contributed by atoms with van der Waals surface area (Å²) >= 11 is 9.41. The van der Waals surface area contributed by atoms with Crippen molar-refractivity contribution in [2.45, 2.75) is 49.4 Å². The molecule has 4 aromatic heterocycles. The summed E-state index contributed by atoms with van der Waals surface area (Å²) in [7, 11) is 0. The van der Waals surface area contributed by atoms with Gasteiger partial charge in [0.2, 0.25) is 5.95 Å². The van der Waals surface area contributed by atoms with E-state index in [1.165, 1.54) is 28.1 Å². The zero-order valence-electron chi connectivity index (χ0n) is 22.1. The van der Waals surface area contributed by atoms with Crippen molar-refractivity contribution in [3.63, 3.8) is 0 Å². The number of nitrogen functional groups attached to an aromatic ring is 2. The molecule has 0 aliphatic carbocycles. The van der Waals surface area contributed by atoms with Crippen molar-refractivity contribution < 1.29 is 42.1 Å². The molecule has 3 saturated heterocycles. The summed E-state index contributed by atoms with van der Waals surface area (Å²) in [6.45, 7) is -9.00. The first-order chi connectivity index (χ1) is 20.9. The van der Waals surface area contributed by atoms with Gasteiger partial charge in [0.15, 0.2) is 35.1 Å². The first-order valence-electron chi connectivity index (χ1n) is 12.8. The number of H-pyrrole nitrogens is 1. The van der Waals surface area contributed by atoms with Gasteiger partial charge in [-0.15, -0.1) is 0 Å². The van der Waals surface area contributed by atoms with Crippen molar-refractivity contribution in [2.75, 3.05) is 24.7 Å². The minimum absolute atomic E-state index is 0.0130. The highest BCUT2D eigenvalue weighted by Gasteiger charge is 2.51. The van der Waals surface area contributed by atoms with E-state index in [-0.39, 0.29) is 47.1 Å². The Kier molecular flexibility index (Phi) is 7.55. The second-order valence-corrected chi connectivity index (χ2v) is 15.7. The Morgan fingerprint density at radius 1 is 1.00 bits per heavy atom. The fourth-order valence-corrected chi connectivity index (χ4v) is 8.25. The van der Waals surface area contributed by atoms with Gasteiger partial charge in [0.1, 0.15) is 36.3 Å². The number of thiol groups is 1. The lowest BCUT2D eigenvalue weighted by Crippen LogP contribution is -2.36. The van der Waals surface area contributed by atoms with E-state index in [1.807, 2.05) is 0 Å². The summed E-state index contributed by atoms with van der Waals surface area (Å²) in [6.07, 6.45) is -4.01. The number of aliphatic hydroxyl groups excluding tert-OH is 1. The number of nitrogens with two attached hydrogens (primary N) is 2. The molecule has 7 rings (SSSR count). The average Bonchev–Trinajstić information content (AvgIpc) is 3.72. The van der Waals surface area contributed by atoms with Gasteiger partial charge in [0.25, 0.3) is 5.56 Å². The Bertz CT molecular complexity index is 1910. The van der Waals surface area contributed by atoms with E-state index >= 15 is 0 Å². The molecule has 0 aromatic carbocycles. The molecule has 0 spiro atoms. The number of fused-ring (bicyclic) bond motifs is 5. The number of nitrogens with zero attached hydrogens (tertiary/aromatic N) is 7. The highest BCUT2D eigenvalue weighted by molar-refractivity contribution is 8.44. The minimum Gasteiger partial charge on any atom is -0.386 e. The summed E-state index contributed by atoms with van der Waals surface area (Å²) in [6, 6.07) is 0. The number of aromatic nitrogens is 8. The molecular weight excluding hydrogens is 666 g/mol. The Labute approximate surface area is 255 Å². The van der Waals surface area contributed by atoms with E-state index < -0.39 is 68.7 Å². The molecule has 7 N–H and O–H groups in total. The van der Waals surface area contributed by atoms with Gasteiger partial charge in [-0.2, -0.15) is 4.98 Å². The van der Waals surface area contributed by atoms with Crippen molar-refractivity contribution in [1.29, 1.82) is 0 Å². The lowest BCUT2D eigenvalue weighted by Gasteiger charge is -2.27. The zero-order valence-corrected chi connectivity index (χ0v) is 25.6. The van der Waals surface area contributed by atoms with Crippen LogP contribution in [0.25, 0.3) is 22.3 Å². The molecule has 7 heterocycles. The number of aliphatic hydroxyl groups is 1. The van der Waals surface area contributed by atoms with Crippen LogP contribution in [-0.4, -0.2) is 92.8 Å². The summed E-state index contributed by atoms with van der Waals surface area (Å²) in [5.74, 6) is -0.0450. The smallest absolute Gasteiger partial charge is 0.386 e. The van der Waals surface area contributed by atoms with Gasteiger partial charge in [-0.25, -0.2) is 24.5 Å². The largest absolute Gasteiger partial charge is 0.386 e. The predicted molar refractivity (Wildman–Crippen MR) is 155 cm³/mol. The maximum absolute atomic E-state index is 13.4. The lowest BCUT2D eigenvalue weighted by atomic mass is 10.1. The number of anilines is 2. The molecule has 3 aliphatic rings. The molecular formula is C20H24N10O10P2S2. The molecule has 3 aliphatic heterocycles. The number of rotatable bonds is 2. The Morgan fingerprint density at radius 2 is 1.75 bits per heavy atom. The lowest BCUT2D eigenvalue weighted by molar-refractivity contribution is -0.0592. The van der Waals surface area contributed by atoms with Crippen LogP contribution >= 0.6 is 25.8 Å². The molecule has 24 heteroatoms. The number of aromatic amines is 1. The van der Waals surface area contributed by atoms with Gasteiger partial charge < -0.3 is 40.0 Å². The highest BCUT2D eigenvalue weighted by Crippen LogP contribution is 2.58. The summed E-state index contributed by atoms with van der Waals surface area (Å²) in [5, 5.41) is 11.3. The van der Waals surface area contributed by atoms with Crippen LogP contribution in [0.4, 0.5) is 11.8 Å². The number of imidazole rings is 2. The molecule has 236 valence electrons. The first-order valence-corrected chi connectivity index (χ1v) is 18.1. The second-order valence-electron chi connectivity index (χ2n) is 10.0. The number of hydrogen-bond acceptors (Lipinski definition) is 17. The van der Waals surface area contributed by atoms with Crippen molar-refractivity contribution in [3.8, 4) is 0 Å². The molecule has 2 bridgehead atoms. The normalized spacial score (nSPS) is 36.6. The quantitative estimate of drug-likeness (QED) is 0.117. The van der Waals surface area contributed by atoms with E-state index in [4.69, 9.17) is 50.8 Å². The van der Waals surface area contributed by atoms with Crippen LogP contribution in [0.5, 0.6) is 0 Å². The molecule has 20 nitrogen and oxygen atoms in total. The van der Waals surface area contributed by atoms with Crippen LogP contribution in [0.1, 0.15) is 18.9 Å². The van der Waals surface area contributed by atoms with Gasteiger partial charge in [0, 0.05) is 6.42 Å². The van der Waals surface area contributed by atoms with E-state index in [2.05, 4.69) is 42.2 Å². The van der Waals surface area contributed by atoms with Crippen molar-refractivity contribution in [3.05, 3.63) is 29.3 Å². The molecule has 3 fully saturated rings. The Hall–Kier alpha value is -2.59. The van der Waals surface area contributed by atoms with Crippen molar-refractivity contribution in [2.24, 2.45) is 0 Å². The number of hydrogen-bond donors (Lipinski definition) is 6. The third-order valence-corrected chi connectivity index (χ3v) is 10.4. The Morgan fingerprint density at radius 3 is 2.55 bits per heavy atom. The van der Waals surface area contributed by atoms with Crippen LogP contribution in [0.2, 0.25) is 0 Å². The van der Waals surface area contributed by atoms with Crippen LogP contribution in [-0.2, 0) is 43.9 Å². The zero-order chi connectivity index (χ0) is 31.0. The van der Waals surface area contributed by atoms with Crippen molar-refractivity contribution >= 4 is 71.7 Å². The fraction of sp³-hybridized carbons (Fsp3) is 0.500. The average molecular weight is 691 g/mol. The van der Waals surface area contributed by atoms with Crippen LogP contribution < -0.4 is 17.0 Å². The minimum atomic E-state index is -4.18. The fourth-order valence-electron chi connectivity index (χ4n) is 5.29. The number of nitrogens with one attached hydrogen (secondary N) is 1. The standard InChI is InChI=1S/C20H24N10O10P2S2/c21-14-10-15(24-4-23-14)29(5-25-10)19-12(31)13-9(38-19)3-36-41(33,43)39-8-1-7(2-35-42(34,44)40-13)37-18(8)30-6-26-11-16(30)27-20(22)28-17(11)32/h4-9,12-13,18-19,31H,1-3H2,(H,33,43)(H,34,44)(H2,21,23,24)(H3,22,27,28,32)/t7-,8+,9+,12+,13-,18+,19+,41?,42?/m0/s1. The van der Waals surface area contributed by atoms with Crippen LogP contribution in [0.3, 0.4) is 0 Å². The van der Waals surface area contributed by atoms with E-state index in [9.17, 15) is 19.4 Å².